The molecule has 1 amide bonds. The maximum absolute atomic E-state index is 12.7. The van der Waals surface area contributed by atoms with Gasteiger partial charge < -0.3 is 9.64 Å². The SMILES string of the molecule is CCOc1ccc(CN2CCN(C(=O)c3cccc(S(C)(=O)=O)c3)CC2)cc1. The first-order valence-corrected chi connectivity index (χ1v) is 11.3. The van der Waals surface area contributed by atoms with Gasteiger partial charge in [-0.1, -0.05) is 18.2 Å². The van der Waals surface area contributed by atoms with E-state index < -0.39 is 9.84 Å². The summed E-state index contributed by atoms with van der Waals surface area (Å²) >= 11 is 0. The number of hydrogen-bond acceptors (Lipinski definition) is 5. The smallest absolute Gasteiger partial charge is 0.253 e. The van der Waals surface area contributed by atoms with Gasteiger partial charge in [0.05, 0.1) is 11.5 Å². The molecule has 2 aromatic carbocycles. The van der Waals surface area contributed by atoms with E-state index >= 15 is 0 Å². The molecule has 1 heterocycles. The van der Waals surface area contributed by atoms with Crippen molar-refractivity contribution in [3.63, 3.8) is 0 Å². The fourth-order valence-corrected chi connectivity index (χ4v) is 3.93. The molecule has 1 aliphatic rings. The van der Waals surface area contributed by atoms with Gasteiger partial charge in [-0.2, -0.15) is 0 Å². The van der Waals surface area contributed by atoms with E-state index in [9.17, 15) is 13.2 Å². The molecule has 0 atom stereocenters. The molecule has 0 aliphatic carbocycles. The molecule has 3 rings (SSSR count). The van der Waals surface area contributed by atoms with Crippen LogP contribution in [0.5, 0.6) is 5.75 Å². The van der Waals surface area contributed by atoms with Gasteiger partial charge in [-0.3, -0.25) is 9.69 Å². The molecular weight excluding hydrogens is 376 g/mol. The molecule has 6 nitrogen and oxygen atoms in total. The molecule has 0 N–H and O–H groups in total. The number of ether oxygens (including phenoxy) is 1. The van der Waals surface area contributed by atoms with Gasteiger partial charge in [0.2, 0.25) is 0 Å². The summed E-state index contributed by atoms with van der Waals surface area (Å²) in [6, 6.07) is 14.4. The average molecular weight is 403 g/mol. The summed E-state index contributed by atoms with van der Waals surface area (Å²) in [4.78, 5) is 17.0. The average Bonchev–Trinajstić information content (AvgIpc) is 2.69. The first kappa shape index (κ1) is 20.4. The maximum atomic E-state index is 12.7. The molecular formula is C21H26N2O4S. The first-order valence-electron chi connectivity index (χ1n) is 9.40. The highest BCUT2D eigenvalue weighted by Crippen LogP contribution is 2.17. The van der Waals surface area contributed by atoms with E-state index in [0.717, 1.165) is 31.6 Å². The van der Waals surface area contributed by atoms with Crippen LogP contribution in [0.3, 0.4) is 0 Å². The van der Waals surface area contributed by atoms with Crippen molar-refractivity contribution in [1.82, 2.24) is 9.80 Å². The van der Waals surface area contributed by atoms with Crippen molar-refractivity contribution in [3.05, 3.63) is 59.7 Å². The van der Waals surface area contributed by atoms with Gasteiger partial charge in [0, 0.05) is 44.5 Å². The predicted octanol–water partition coefficient (Wildman–Crippen LogP) is 2.45. The molecule has 150 valence electrons. The van der Waals surface area contributed by atoms with Gasteiger partial charge >= 0.3 is 0 Å². The highest BCUT2D eigenvalue weighted by Gasteiger charge is 2.23. The number of hydrogen-bond donors (Lipinski definition) is 0. The van der Waals surface area contributed by atoms with Gasteiger partial charge in [-0.05, 0) is 42.8 Å². The standard InChI is InChI=1S/C21H26N2O4S/c1-3-27-19-9-7-17(8-10-19)16-22-11-13-23(14-12-22)21(24)18-5-4-6-20(15-18)28(2,25)26/h4-10,15H,3,11-14,16H2,1-2H3. The normalized spacial score (nSPS) is 15.4. The largest absolute Gasteiger partial charge is 0.494 e. The van der Waals surface area contributed by atoms with Gasteiger partial charge in [-0.15, -0.1) is 0 Å². The van der Waals surface area contributed by atoms with Crippen molar-refractivity contribution in [1.29, 1.82) is 0 Å². The molecule has 0 radical (unpaired) electrons. The van der Waals surface area contributed by atoms with E-state index in [1.54, 1.807) is 17.0 Å². The Morgan fingerprint density at radius 3 is 2.32 bits per heavy atom. The number of piperazine rings is 1. The Bertz CT molecular complexity index is 918. The lowest BCUT2D eigenvalue weighted by atomic mass is 10.1. The summed E-state index contributed by atoms with van der Waals surface area (Å²) in [6.07, 6.45) is 1.15. The Kier molecular flexibility index (Phi) is 6.36. The van der Waals surface area contributed by atoms with Crippen LogP contribution in [0.1, 0.15) is 22.8 Å². The van der Waals surface area contributed by atoms with E-state index in [-0.39, 0.29) is 10.8 Å². The van der Waals surface area contributed by atoms with Crippen LogP contribution in [-0.2, 0) is 16.4 Å². The number of carbonyl (C=O) groups excluding carboxylic acids is 1. The van der Waals surface area contributed by atoms with Crippen LogP contribution < -0.4 is 4.74 Å². The van der Waals surface area contributed by atoms with E-state index in [1.165, 1.54) is 17.7 Å². The zero-order chi connectivity index (χ0) is 20.1. The highest BCUT2D eigenvalue weighted by atomic mass is 32.2. The third-order valence-electron chi connectivity index (χ3n) is 4.81. The van der Waals surface area contributed by atoms with Crippen molar-refractivity contribution < 1.29 is 17.9 Å². The first-order chi connectivity index (χ1) is 13.4. The Morgan fingerprint density at radius 2 is 1.71 bits per heavy atom. The molecule has 0 bridgehead atoms. The van der Waals surface area contributed by atoms with Gasteiger partial charge in [0.25, 0.3) is 5.91 Å². The minimum atomic E-state index is -3.33. The van der Waals surface area contributed by atoms with Crippen LogP contribution in [0.4, 0.5) is 0 Å². The van der Waals surface area contributed by atoms with Crippen LogP contribution in [0, 0.1) is 0 Å². The number of nitrogens with zero attached hydrogens (tertiary/aromatic N) is 2. The molecule has 2 aromatic rings. The second-order valence-electron chi connectivity index (χ2n) is 6.95. The number of amides is 1. The fraction of sp³-hybridized carbons (Fsp3) is 0.381. The predicted molar refractivity (Wildman–Crippen MR) is 108 cm³/mol. The fourth-order valence-electron chi connectivity index (χ4n) is 3.27. The Morgan fingerprint density at radius 1 is 1.04 bits per heavy atom. The Hall–Kier alpha value is -2.38. The summed E-state index contributed by atoms with van der Waals surface area (Å²) in [5, 5.41) is 0. The topological polar surface area (TPSA) is 66.9 Å². The number of benzene rings is 2. The summed E-state index contributed by atoms with van der Waals surface area (Å²) in [7, 11) is -3.33. The summed E-state index contributed by atoms with van der Waals surface area (Å²) in [5.74, 6) is 0.754. The number of sulfone groups is 1. The van der Waals surface area contributed by atoms with Crippen molar-refractivity contribution in [2.45, 2.75) is 18.4 Å². The summed E-state index contributed by atoms with van der Waals surface area (Å²) in [6.45, 7) is 6.26. The lowest BCUT2D eigenvalue weighted by molar-refractivity contribution is 0.0628. The molecule has 1 aliphatic heterocycles. The second kappa shape index (κ2) is 8.75. The van der Waals surface area contributed by atoms with Gasteiger partial charge in [0.15, 0.2) is 9.84 Å². The Labute approximate surface area is 166 Å². The van der Waals surface area contributed by atoms with Crippen LogP contribution in [-0.4, -0.2) is 63.2 Å². The molecule has 28 heavy (non-hydrogen) atoms. The van der Waals surface area contributed by atoms with E-state index in [1.807, 2.05) is 19.1 Å². The van der Waals surface area contributed by atoms with Crippen molar-refractivity contribution in [2.75, 3.05) is 39.0 Å². The minimum absolute atomic E-state index is 0.119. The maximum Gasteiger partial charge on any atom is 0.253 e. The highest BCUT2D eigenvalue weighted by molar-refractivity contribution is 7.90. The quantitative estimate of drug-likeness (QED) is 0.743. The third kappa shape index (κ3) is 5.11. The molecule has 0 saturated carbocycles. The van der Waals surface area contributed by atoms with E-state index in [4.69, 9.17) is 4.74 Å². The molecule has 7 heteroatoms. The molecule has 1 saturated heterocycles. The Balaban J connectivity index is 1.57. The molecule has 0 unspecified atom stereocenters. The van der Waals surface area contributed by atoms with Crippen LogP contribution in [0.15, 0.2) is 53.4 Å². The van der Waals surface area contributed by atoms with Gasteiger partial charge in [-0.25, -0.2) is 8.42 Å². The summed E-state index contributed by atoms with van der Waals surface area (Å²) in [5.41, 5.74) is 1.63. The second-order valence-corrected chi connectivity index (χ2v) is 8.96. The van der Waals surface area contributed by atoms with Crippen molar-refractivity contribution in [2.24, 2.45) is 0 Å². The zero-order valence-electron chi connectivity index (χ0n) is 16.3. The van der Waals surface area contributed by atoms with E-state index in [0.29, 0.717) is 25.3 Å². The van der Waals surface area contributed by atoms with E-state index in [2.05, 4.69) is 17.0 Å². The van der Waals surface area contributed by atoms with Crippen LogP contribution in [0.25, 0.3) is 0 Å². The van der Waals surface area contributed by atoms with Gasteiger partial charge in [0.1, 0.15) is 5.75 Å². The number of carbonyl (C=O) groups is 1. The van der Waals surface area contributed by atoms with Crippen LogP contribution in [0.2, 0.25) is 0 Å². The molecule has 0 aromatic heterocycles. The zero-order valence-corrected chi connectivity index (χ0v) is 17.1. The van der Waals surface area contributed by atoms with Crippen LogP contribution >= 0.6 is 0 Å². The monoisotopic (exact) mass is 402 g/mol. The summed E-state index contributed by atoms with van der Waals surface area (Å²) < 4.78 is 28.9. The molecule has 1 fully saturated rings. The minimum Gasteiger partial charge on any atom is -0.494 e. The molecule has 0 spiro atoms. The van der Waals surface area contributed by atoms with Crippen molar-refractivity contribution >= 4 is 15.7 Å². The third-order valence-corrected chi connectivity index (χ3v) is 5.92. The number of rotatable bonds is 6. The lowest BCUT2D eigenvalue weighted by Gasteiger charge is -2.34. The lowest BCUT2D eigenvalue weighted by Crippen LogP contribution is -2.48. The van der Waals surface area contributed by atoms with Crippen molar-refractivity contribution in [3.8, 4) is 5.75 Å².